The third kappa shape index (κ3) is 4.41. The maximum atomic E-state index is 8.29. The van der Waals surface area contributed by atoms with Crippen LogP contribution in [0.1, 0.15) is 11.1 Å². The maximum absolute atomic E-state index is 8.29. The van der Waals surface area contributed by atoms with E-state index >= 15 is 0 Å². The standard InChI is InChI=1S/C7H9N.C7H5N/c2*8-6-7-4-2-1-3-5-7/h1-5H,6,8H2;1-5H. The third-order valence-electron chi connectivity index (χ3n) is 1.98. The van der Waals surface area contributed by atoms with Crippen LogP contribution >= 0.6 is 0 Å². The largest absolute Gasteiger partial charge is 0.326 e. The highest BCUT2D eigenvalue weighted by molar-refractivity contribution is 5.27. The molecule has 0 radical (unpaired) electrons. The molecule has 2 aromatic carbocycles. The van der Waals surface area contributed by atoms with E-state index in [1.807, 2.05) is 54.6 Å². The normalized spacial score (nSPS) is 8.50. The summed E-state index contributed by atoms with van der Waals surface area (Å²) in [4.78, 5) is 0. The fourth-order valence-corrected chi connectivity index (χ4v) is 1.13. The van der Waals surface area contributed by atoms with Gasteiger partial charge < -0.3 is 5.73 Å². The first-order valence-corrected chi connectivity index (χ1v) is 5.06. The van der Waals surface area contributed by atoms with Gasteiger partial charge in [0.1, 0.15) is 0 Å². The second-order valence-electron chi connectivity index (χ2n) is 3.17. The molecule has 0 bridgehead atoms. The Kier molecular flexibility index (Phi) is 5.40. The van der Waals surface area contributed by atoms with Crippen molar-refractivity contribution in [1.82, 2.24) is 0 Å². The van der Waals surface area contributed by atoms with E-state index in [2.05, 4.69) is 0 Å². The van der Waals surface area contributed by atoms with Gasteiger partial charge in [0.2, 0.25) is 0 Å². The predicted octanol–water partition coefficient (Wildman–Crippen LogP) is 2.70. The Labute approximate surface area is 96.0 Å². The molecule has 0 aliphatic carbocycles. The second kappa shape index (κ2) is 7.22. The number of rotatable bonds is 1. The van der Waals surface area contributed by atoms with E-state index in [1.54, 1.807) is 12.1 Å². The van der Waals surface area contributed by atoms with Crippen LogP contribution in [0.15, 0.2) is 60.7 Å². The van der Waals surface area contributed by atoms with Gasteiger partial charge >= 0.3 is 0 Å². The number of hydrogen-bond acceptors (Lipinski definition) is 2. The fourth-order valence-electron chi connectivity index (χ4n) is 1.13. The molecule has 0 saturated carbocycles. The lowest BCUT2D eigenvalue weighted by molar-refractivity contribution is 1.07. The molecule has 0 heterocycles. The molecule has 0 spiro atoms. The topological polar surface area (TPSA) is 49.8 Å². The van der Waals surface area contributed by atoms with Crippen molar-refractivity contribution in [2.75, 3.05) is 0 Å². The van der Waals surface area contributed by atoms with E-state index in [0.29, 0.717) is 12.1 Å². The Morgan fingerprint density at radius 2 is 1.38 bits per heavy atom. The van der Waals surface area contributed by atoms with E-state index in [1.165, 1.54) is 5.56 Å². The van der Waals surface area contributed by atoms with Crippen LogP contribution < -0.4 is 5.73 Å². The van der Waals surface area contributed by atoms with Crippen molar-refractivity contribution in [2.24, 2.45) is 5.73 Å². The minimum absolute atomic E-state index is 0.640. The van der Waals surface area contributed by atoms with Crippen molar-refractivity contribution in [1.29, 1.82) is 5.26 Å². The van der Waals surface area contributed by atoms with Gasteiger partial charge in [-0.2, -0.15) is 5.26 Å². The molecule has 0 fully saturated rings. The van der Waals surface area contributed by atoms with Crippen molar-refractivity contribution >= 4 is 0 Å². The van der Waals surface area contributed by atoms with Crippen molar-refractivity contribution in [3.8, 4) is 6.07 Å². The predicted molar refractivity (Wildman–Crippen MR) is 65.5 cm³/mol. The molecule has 0 saturated heterocycles. The molecule has 2 aromatic rings. The molecule has 0 atom stereocenters. The van der Waals surface area contributed by atoms with Crippen LogP contribution in [0.2, 0.25) is 0 Å². The van der Waals surface area contributed by atoms with Gasteiger partial charge in [-0.1, -0.05) is 48.5 Å². The van der Waals surface area contributed by atoms with Crippen LogP contribution in [0, 0.1) is 11.3 Å². The van der Waals surface area contributed by atoms with Crippen LogP contribution in [-0.4, -0.2) is 0 Å². The number of hydrogen-bond donors (Lipinski definition) is 1. The highest BCUT2D eigenvalue weighted by atomic mass is 14.5. The van der Waals surface area contributed by atoms with Gasteiger partial charge in [0.25, 0.3) is 0 Å². The molecule has 0 aromatic heterocycles. The molecule has 80 valence electrons. The summed E-state index contributed by atoms with van der Waals surface area (Å²) in [6.07, 6.45) is 0. The maximum Gasteiger partial charge on any atom is 0.0991 e. The van der Waals surface area contributed by atoms with Crippen LogP contribution in [0.5, 0.6) is 0 Å². The molecule has 0 unspecified atom stereocenters. The number of nitrogens with zero attached hydrogens (tertiary/aromatic N) is 1. The number of nitrogens with two attached hydrogens (primary N) is 1. The SMILES string of the molecule is N#Cc1ccccc1.NCc1ccccc1. The van der Waals surface area contributed by atoms with E-state index < -0.39 is 0 Å². The monoisotopic (exact) mass is 210 g/mol. The van der Waals surface area contributed by atoms with E-state index in [0.717, 1.165) is 0 Å². The third-order valence-corrected chi connectivity index (χ3v) is 1.98. The lowest BCUT2D eigenvalue weighted by Crippen LogP contribution is -1.94. The van der Waals surface area contributed by atoms with Gasteiger partial charge in [0.15, 0.2) is 0 Å². The minimum atomic E-state index is 0.640. The minimum Gasteiger partial charge on any atom is -0.326 e. The zero-order chi connectivity index (χ0) is 11.6. The molecule has 0 amide bonds. The highest BCUT2D eigenvalue weighted by Crippen LogP contribution is 1.94. The van der Waals surface area contributed by atoms with Gasteiger partial charge in [0, 0.05) is 6.54 Å². The van der Waals surface area contributed by atoms with Crippen molar-refractivity contribution in [3.05, 3.63) is 71.8 Å². The van der Waals surface area contributed by atoms with Crippen LogP contribution in [0.3, 0.4) is 0 Å². The summed E-state index contributed by atoms with van der Waals surface area (Å²) in [5.74, 6) is 0. The van der Waals surface area contributed by atoms with Crippen LogP contribution in [0.25, 0.3) is 0 Å². The van der Waals surface area contributed by atoms with Gasteiger partial charge in [-0.05, 0) is 17.7 Å². The summed E-state index contributed by atoms with van der Waals surface area (Å²) in [5.41, 5.74) is 7.25. The summed E-state index contributed by atoms with van der Waals surface area (Å²) in [7, 11) is 0. The zero-order valence-electron chi connectivity index (χ0n) is 9.01. The number of nitriles is 1. The Morgan fingerprint density at radius 3 is 1.69 bits per heavy atom. The molecular weight excluding hydrogens is 196 g/mol. The van der Waals surface area contributed by atoms with Crippen LogP contribution in [-0.2, 0) is 6.54 Å². The van der Waals surface area contributed by atoms with Crippen molar-refractivity contribution in [2.45, 2.75) is 6.54 Å². The summed E-state index contributed by atoms with van der Waals surface area (Å²) in [6.45, 7) is 0.640. The highest BCUT2D eigenvalue weighted by Gasteiger charge is 1.80. The second-order valence-corrected chi connectivity index (χ2v) is 3.17. The average molecular weight is 210 g/mol. The average Bonchev–Trinajstić information content (AvgIpc) is 2.41. The van der Waals surface area contributed by atoms with E-state index in [-0.39, 0.29) is 0 Å². The van der Waals surface area contributed by atoms with Gasteiger partial charge in [-0.15, -0.1) is 0 Å². The number of benzene rings is 2. The summed E-state index contributed by atoms with van der Waals surface area (Å²) in [6, 6.07) is 21.2. The summed E-state index contributed by atoms with van der Waals surface area (Å²) >= 11 is 0. The summed E-state index contributed by atoms with van der Waals surface area (Å²) in [5, 5.41) is 8.29. The Bertz CT molecular complexity index is 429. The van der Waals surface area contributed by atoms with Crippen LogP contribution in [0.4, 0.5) is 0 Å². The Hall–Kier alpha value is -2.11. The Morgan fingerprint density at radius 1 is 0.875 bits per heavy atom. The van der Waals surface area contributed by atoms with Gasteiger partial charge in [0.05, 0.1) is 11.6 Å². The fraction of sp³-hybridized carbons (Fsp3) is 0.0714. The van der Waals surface area contributed by atoms with Gasteiger partial charge in [-0.25, -0.2) is 0 Å². The van der Waals surface area contributed by atoms with Crippen molar-refractivity contribution < 1.29 is 0 Å². The molecule has 2 rings (SSSR count). The zero-order valence-corrected chi connectivity index (χ0v) is 9.01. The first-order valence-electron chi connectivity index (χ1n) is 5.06. The molecule has 0 aliphatic heterocycles. The molecule has 16 heavy (non-hydrogen) atoms. The lowest BCUT2D eigenvalue weighted by Gasteiger charge is -1.90. The molecule has 0 aliphatic rings. The molecular formula is C14H14N2. The summed E-state index contributed by atoms with van der Waals surface area (Å²) < 4.78 is 0. The quantitative estimate of drug-likeness (QED) is 0.786. The first kappa shape index (κ1) is 12.0. The smallest absolute Gasteiger partial charge is 0.0991 e. The molecule has 2 heteroatoms. The first-order chi connectivity index (χ1) is 7.86. The van der Waals surface area contributed by atoms with E-state index in [9.17, 15) is 0 Å². The Balaban J connectivity index is 0.000000160. The van der Waals surface area contributed by atoms with Crippen molar-refractivity contribution in [3.63, 3.8) is 0 Å². The molecule has 2 N–H and O–H groups in total. The van der Waals surface area contributed by atoms with E-state index in [4.69, 9.17) is 11.0 Å². The molecule has 2 nitrogen and oxygen atoms in total. The lowest BCUT2D eigenvalue weighted by atomic mass is 10.2. The van der Waals surface area contributed by atoms with Gasteiger partial charge in [-0.3, -0.25) is 0 Å².